The molecule has 1 N–H and O–H groups in total. The van der Waals surface area contributed by atoms with Gasteiger partial charge >= 0.3 is 0 Å². The third-order valence-corrected chi connectivity index (χ3v) is 4.38. The van der Waals surface area contributed by atoms with Crippen LogP contribution in [0.25, 0.3) is 16.6 Å². The fourth-order valence-electron chi connectivity index (χ4n) is 2.76. The molecule has 122 valence electrons. The molecule has 1 amide bonds. The van der Waals surface area contributed by atoms with Crippen molar-refractivity contribution in [2.75, 3.05) is 5.32 Å². The zero-order chi connectivity index (χ0) is 17.2. The van der Waals surface area contributed by atoms with Crippen molar-refractivity contribution in [2.45, 2.75) is 0 Å². The van der Waals surface area contributed by atoms with Crippen molar-refractivity contribution in [3.8, 4) is 5.69 Å². The topological polar surface area (TPSA) is 46.9 Å². The lowest BCUT2D eigenvalue weighted by Gasteiger charge is -2.04. The predicted octanol–water partition coefficient (Wildman–Crippen LogP) is 5.04. The van der Waals surface area contributed by atoms with Crippen LogP contribution in [0.1, 0.15) is 10.5 Å². The summed E-state index contributed by atoms with van der Waals surface area (Å²) < 4.78 is 2.70. The summed E-state index contributed by atoms with van der Waals surface area (Å²) in [5.41, 5.74) is 2.94. The average molecular weight is 392 g/mol. The Morgan fingerprint density at radius 3 is 2.48 bits per heavy atom. The van der Waals surface area contributed by atoms with E-state index in [2.05, 4.69) is 26.3 Å². The van der Waals surface area contributed by atoms with Gasteiger partial charge < -0.3 is 5.32 Å². The number of aromatic nitrogens is 2. The van der Waals surface area contributed by atoms with Gasteiger partial charge in [-0.25, -0.2) is 4.68 Å². The Bertz CT molecular complexity index is 1060. The van der Waals surface area contributed by atoms with Crippen molar-refractivity contribution in [3.05, 3.63) is 89.0 Å². The van der Waals surface area contributed by atoms with Gasteiger partial charge in [0, 0.05) is 15.5 Å². The molecule has 0 radical (unpaired) electrons. The van der Waals surface area contributed by atoms with Crippen molar-refractivity contribution in [3.63, 3.8) is 0 Å². The summed E-state index contributed by atoms with van der Waals surface area (Å²) in [7, 11) is 0. The minimum absolute atomic E-state index is 0.232. The largest absolute Gasteiger partial charge is 0.321 e. The number of nitrogens with one attached hydrogen (secondary N) is 1. The molecular weight excluding hydrogens is 378 g/mol. The fourth-order valence-corrected chi connectivity index (χ4v) is 3.16. The van der Waals surface area contributed by atoms with E-state index in [-0.39, 0.29) is 5.91 Å². The van der Waals surface area contributed by atoms with Crippen LogP contribution in [0.5, 0.6) is 0 Å². The molecule has 3 aromatic carbocycles. The second-order valence-corrected chi connectivity index (χ2v) is 6.49. The normalized spacial score (nSPS) is 10.8. The van der Waals surface area contributed by atoms with Crippen molar-refractivity contribution >= 4 is 38.4 Å². The Hall–Kier alpha value is -2.92. The lowest BCUT2D eigenvalue weighted by Crippen LogP contribution is -2.13. The van der Waals surface area contributed by atoms with Crippen molar-refractivity contribution in [1.29, 1.82) is 0 Å². The van der Waals surface area contributed by atoms with E-state index in [4.69, 9.17) is 0 Å². The quantitative estimate of drug-likeness (QED) is 0.531. The van der Waals surface area contributed by atoms with Crippen LogP contribution in [0.4, 0.5) is 5.69 Å². The molecule has 25 heavy (non-hydrogen) atoms. The summed E-state index contributed by atoms with van der Waals surface area (Å²) in [6.45, 7) is 0. The monoisotopic (exact) mass is 391 g/mol. The number of amides is 1. The number of carbonyl (C=O) groups excluding carboxylic acids is 1. The molecule has 0 aliphatic carbocycles. The number of rotatable bonds is 3. The van der Waals surface area contributed by atoms with Gasteiger partial charge in [-0.2, -0.15) is 5.10 Å². The summed E-state index contributed by atoms with van der Waals surface area (Å²) >= 11 is 3.41. The third kappa shape index (κ3) is 3.06. The highest BCUT2D eigenvalue weighted by Gasteiger charge is 2.17. The van der Waals surface area contributed by atoms with Crippen LogP contribution in [-0.2, 0) is 0 Å². The van der Waals surface area contributed by atoms with E-state index >= 15 is 0 Å². The van der Waals surface area contributed by atoms with E-state index in [0.717, 1.165) is 26.8 Å². The van der Waals surface area contributed by atoms with Gasteiger partial charge in [-0.05, 0) is 36.4 Å². The van der Waals surface area contributed by atoms with E-state index in [1.807, 2.05) is 78.9 Å². The summed E-state index contributed by atoms with van der Waals surface area (Å²) in [4.78, 5) is 12.8. The number of benzene rings is 3. The van der Waals surface area contributed by atoms with Gasteiger partial charge in [0.2, 0.25) is 0 Å². The highest BCUT2D eigenvalue weighted by molar-refractivity contribution is 9.10. The molecule has 4 rings (SSSR count). The first kappa shape index (κ1) is 15.6. The molecule has 4 nitrogen and oxygen atoms in total. The smallest absolute Gasteiger partial charge is 0.276 e. The van der Waals surface area contributed by atoms with Gasteiger partial charge in [-0.1, -0.05) is 58.4 Å². The maximum Gasteiger partial charge on any atom is 0.276 e. The molecule has 0 fully saturated rings. The second kappa shape index (κ2) is 6.53. The van der Waals surface area contributed by atoms with Gasteiger partial charge in [0.1, 0.15) is 0 Å². The summed E-state index contributed by atoms with van der Waals surface area (Å²) in [6, 6.07) is 25.0. The number of halogens is 1. The van der Waals surface area contributed by atoms with Crippen molar-refractivity contribution in [2.24, 2.45) is 0 Å². The minimum Gasteiger partial charge on any atom is -0.321 e. The van der Waals surface area contributed by atoms with Gasteiger partial charge in [0.15, 0.2) is 5.69 Å². The number of hydrogen-bond acceptors (Lipinski definition) is 2. The van der Waals surface area contributed by atoms with Gasteiger partial charge in [-0.15, -0.1) is 0 Å². The SMILES string of the molecule is O=C(Nc1cccc(Br)c1)c1nn(-c2ccccc2)c2ccccc12. The molecule has 4 aromatic rings. The maximum absolute atomic E-state index is 12.8. The number of fused-ring (bicyclic) bond motifs is 1. The molecule has 0 saturated carbocycles. The van der Waals surface area contributed by atoms with Crippen LogP contribution in [0.3, 0.4) is 0 Å². The summed E-state index contributed by atoms with van der Waals surface area (Å²) in [6.07, 6.45) is 0. The Morgan fingerprint density at radius 2 is 1.68 bits per heavy atom. The number of anilines is 1. The Kier molecular flexibility index (Phi) is 4.07. The Morgan fingerprint density at radius 1 is 0.920 bits per heavy atom. The summed E-state index contributed by atoms with van der Waals surface area (Å²) in [5, 5.41) is 8.30. The number of carbonyl (C=O) groups is 1. The Labute approximate surface area is 153 Å². The molecule has 0 atom stereocenters. The van der Waals surface area contributed by atoms with Crippen LogP contribution >= 0.6 is 15.9 Å². The highest BCUT2D eigenvalue weighted by Crippen LogP contribution is 2.23. The molecule has 1 heterocycles. The highest BCUT2D eigenvalue weighted by atomic mass is 79.9. The first-order chi connectivity index (χ1) is 12.2. The van der Waals surface area contributed by atoms with Gasteiger partial charge in [0.25, 0.3) is 5.91 Å². The first-order valence-electron chi connectivity index (χ1n) is 7.82. The first-order valence-corrected chi connectivity index (χ1v) is 8.62. The molecule has 1 aromatic heterocycles. The molecule has 0 aliphatic rings. The van der Waals surface area contributed by atoms with Gasteiger partial charge in [0.05, 0.1) is 11.2 Å². The zero-order valence-corrected chi connectivity index (χ0v) is 14.8. The lowest BCUT2D eigenvalue weighted by atomic mass is 10.2. The third-order valence-electron chi connectivity index (χ3n) is 3.89. The predicted molar refractivity (Wildman–Crippen MR) is 103 cm³/mol. The summed E-state index contributed by atoms with van der Waals surface area (Å²) in [5.74, 6) is -0.232. The molecule has 0 bridgehead atoms. The Balaban J connectivity index is 1.78. The molecular formula is C20H14BrN3O. The number of nitrogens with zero attached hydrogens (tertiary/aromatic N) is 2. The zero-order valence-electron chi connectivity index (χ0n) is 13.2. The van der Waals surface area contributed by atoms with E-state index in [1.54, 1.807) is 4.68 Å². The van der Waals surface area contributed by atoms with Crippen LogP contribution in [0.15, 0.2) is 83.3 Å². The molecule has 0 spiro atoms. The van der Waals surface area contributed by atoms with Crippen LogP contribution in [0.2, 0.25) is 0 Å². The second-order valence-electron chi connectivity index (χ2n) is 5.58. The van der Waals surface area contributed by atoms with Crippen molar-refractivity contribution in [1.82, 2.24) is 9.78 Å². The van der Waals surface area contributed by atoms with Crippen LogP contribution < -0.4 is 5.32 Å². The lowest BCUT2D eigenvalue weighted by molar-refractivity contribution is 0.102. The minimum atomic E-state index is -0.232. The average Bonchev–Trinajstić information content (AvgIpc) is 3.02. The van der Waals surface area contributed by atoms with Crippen LogP contribution in [-0.4, -0.2) is 15.7 Å². The standard InChI is InChI=1S/C20H14BrN3O/c21-14-7-6-8-15(13-14)22-20(25)19-17-11-4-5-12-18(17)24(23-19)16-9-2-1-3-10-16/h1-13H,(H,22,25). The maximum atomic E-state index is 12.8. The van der Waals surface area contributed by atoms with E-state index in [0.29, 0.717) is 5.69 Å². The molecule has 5 heteroatoms. The fraction of sp³-hybridized carbons (Fsp3) is 0. The van der Waals surface area contributed by atoms with Crippen LogP contribution in [0, 0.1) is 0 Å². The molecule has 0 aliphatic heterocycles. The molecule has 0 saturated heterocycles. The van der Waals surface area contributed by atoms with Crippen molar-refractivity contribution < 1.29 is 4.79 Å². The van der Waals surface area contributed by atoms with Gasteiger partial charge in [-0.3, -0.25) is 4.79 Å². The number of hydrogen-bond donors (Lipinski definition) is 1. The van der Waals surface area contributed by atoms with E-state index in [1.165, 1.54) is 0 Å². The number of para-hydroxylation sites is 2. The van der Waals surface area contributed by atoms with E-state index < -0.39 is 0 Å². The molecule has 0 unspecified atom stereocenters. The van der Waals surface area contributed by atoms with E-state index in [9.17, 15) is 4.79 Å².